The van der Waals surface area contributed by atoms with Crippen molar-refractivity contribution in [3.8, 4) is 11.1 Å². The fourth-order valence-electron chi connectivity index (χ4n) is 3.68. The van der Waals surface area contributed by atoms with Crippen molar-refractivity contribution in [1.29, 1.82) is 0 Å². The Kier molecular flexibility index (Phi) is 6.02. The maximum absolute atomic E-state index is 11.6. The van der Waals surface area contributed by atoms with Crippen molar-refractivity contribution < 1.29 is 4.79 Å². The summed E-state index contributed by atoms with van der Waals surface area (Å²) in [5.41, 5.74) is 14.5. The Morgan fingerprint density at radius 3 is 2.65 bits per heavy atom. The minimum absolute atomic E-state index is 0.270. The van der Waals surface area contributed by atoms with Crippen molar-refractivity contribution in [2.75, 3.05) is 18.0 Å². The molecular formula is C22H24N8O. The maximum Gasteiger partial charge on any atom is 0.344 e. The number of nitrogens with two attached hydrogens (primary N) is 2. The summed E-state index contributed by atoms with van der Waals surface area (Å²) in [4.78, 5) is 30.5. The molecule has 2 amide bonds. The minimum atomic E-state index is -0.575. The van der Waals surface area contributed by atoms with E-state index in [1.165, 1.54) is 5.56 Å². The third kappa shape index (κ3) is 5.13. The number of rotatable bonds is 5. The summed E-state index contributed by atoms with van der Waals surface area (Å²) in [5, 5.41) is 2.64. The Morgan fingerprint density at radius 2 is 1.90 bits per heavy atom. The minimum Gasteiger partial charge on any atom is -0.370 e. The van der Waals surface area contributed by atoms with Crippen molar-refractivity contribution in [1.82, 2.24) is 20.3 Å². The highest BCUT2D eigenvalue weighted by Gasteiger charge is 2.25. The molecule has 3 heterocycles. The number of amides is 2. The largest absolute Gasteiger partial charge is 0.370 e. The quantitative estimate of drug-likeness (QED) is 0.428. The van der Waals surface area contributed by atoms with Gasteiger partial charge >= 0.3 is 6.03 Å². The molecule has 1 aromatic carbocycles. The van der Waals surface area contributed by atoms with E-state index in [2.05, 4.69) is 42.3 Å². The van der Waals surface area contributed by atoms with E-state index < -0.39 is 6.03 Å². The van der Waals surface area contributed by atoms with Gasteiger partial charge in [0.2, 0.25) is 5.95 Å². The lowest BCUT2D eigenvalue weighted by atomic mass is 10.00. The van der Waals surface area contributed by atoms with Crippen LogP contribution in [0.25, 0.3) is 11.1 Å². The van der Waals surface area contributed by atoms with E-state index in [1.54, 1.807) is 0 Å². The van der Waals surface area contributed by atoms with Crippen LogP contribution in [0.2, 0.25) is 0 Å². The number of aliphatic imine (C=N–C) groups is 1. The van der Waals surface area contributed by atoms with Gasteiger partial charge in [0, 0.05) is 55.9 Å². The Balaban J connectivity index is 1.40. The SMILES string of the molecule is NC(N)=NC(=O)NCc1cccc(-c2cnc(N3CCC(c4ccncc4)C3)nc2)c1. The Labute approximate surface area is 180 Å². The second kappa shape index (κ2) is 9.21. The topological polar surface area (TPSA) is 135 Å². The Hall–Kier alpha value is -4.01. The summed E-state index contributed by atoms with van der Waals surface area (Å²) >= 11 is 0. The first kappa shape index (κ1) is 20.3. The molecule has 1 aliphatic rings. The van der Waals surface area contributed by atoms with Crippen LogP contribution in [0.15, 0.2) is 66.2 Å². The second-order valence-electron chi connectivity index (χ2n) is 7.38. The van der Waals surface area contributed by atoms with E-state index in [0.717, 1.165) is 42.1 Å². The van der Waals surface area contributed by atoms with Crippen molar-refractivity contribution in [3.63, 3.8) is 0 Å². The molecule has 1 aliphatic heterocycles. The lowest BCUT2D eigenvalue weighted by Gasteiger charge is -2.16. The lowest BCUT2D eigenvalue weighted by Crippen LogP contribution is -2.28. The molecule has 0 radical (unpaired) electrons. The van der Waals surface area contributed by atoms with Gasteiger partial charge in [-0.05, 0) is 41.3 Å². The molecular weight excluding hydrogens is 392 g/mol. The van der Waals surface area contributed by atoms with E-state index in [4.69, 9.17) is 11.5 Å². The van der Waals surface area contributed by atoms with E-state index >= 15 is 0 Å². The highest BCUT2D eigenvalue weighted by Crippen LogP contribution is 2.29. The van der Waals surface area contributed by atoms with E-state index in [0.29, 0.717) is 12.5 Å². The predicted octanol–water partition coefficient (Wildman–Crippen LogP) is 2.02. The number of pyridine rings is 1. The fraction of sp³-hybridized carbons (Fsp3) is 0.227. The number of benzene rings is 1. The summed E-state index contributed by atoms with van der Waals surface area (Å²) < 4.78 is 0. The van der Waals surface area contributed by atoms with Crippen LogP contribution in [0.1, 0.15) is 23.5 Å². The standard InChI is InChI=1S/C22H24N8O/c23-20(24)29-22(31)28-11-15-2-1-3-17(10-15)19-12-26-21(27-13-19)30-9-6-18(14-30)16-4-7-25-8-5-16/h1-5,7-8,10,12-13,18H,6,9,11,14H2,(H5,23,24,28,29,31). The van der Waals surface area contributed by atoms with Crippen molar-refractivity contribution in [3.05, 3.63) is 72.3 Å². The molecule has 4 rings (SSSR count). The lowest BCUT2D eigenvalue weighted by molar-refractivity contribution is 0.249. The van der Waals surface area contributed by atoms with Gasteiger partial charge in [0.25, 0.3) is 0 Å². The molecule has 1 fully saturated rings. The summed E-state index contributed by atoms with van der Waals surface area (Å²) in [6, 6.07) is 11.4. The van der Waals surface area contributed by atoms with Crippen molar-refractivity contribution >= 4 is 17.9 Å². The monoisotopic (exact) mass is 416 g/mol. The molecule has 0 saturated carbocycles. The van der Waals surface area contributed by atoms with E-state index in [1.807, 2.05) is 49.1 Å². The zero-order valence-corrected chi connectivity index (χ0v) is 17.0. The molecule has 31 heavy (non-hydrogen) atoms. The van der Waals surface area contributed by atoms with Gasteiger partial charge < -0.3 is 21.7 Å². The number of hydrogen-bond acceptors (Lipinski definition) is 5. The molecule has 0 bridgehead atoms. The summed E-state index contributed by atoms with van der Waals surface area (Å²) in [6.07, 6.45) is 8.41. The van der Waals surface area contributed by atoms with Crippen LogP contribution >= 0.6 is 0 Å². The first-order valence-corrected chi connectivity index (χ1v) is 10.0. The van der Waals surface area contributed by atoms with Gasteiger partial charge in [0.15, 0.2) is 5.96 Å². The highest BCUT2D eigenvalue weighted by molar-refractivity contribution is 5.90. The number of aromatic nitrogens is 3. The van der Waals surface area contributed by atoms with Crippen LogP contribution in [0.5, 0.6) is 0 Å². The van der Waals surface area contributed by atoms with E-state index in [-0.39, 0.29) is 5.96 Å². The molecule has 9 nitrogen and oxygen atoms in total. The number of guanidine groups is 1. The average molecular weight is 416 g/mol. The van der Waals surface area contributed by atoms with Gasteiger partial charge in [-0.2, -0.15) is 4.99 Å². The van der Waals surface area contributed by atoms with Gasteiger partial charge in [-0.15, -0.1) is 0 Å². The molecule has 3 aromatic rings. The first-order chi connectivity index (χ1) is 15.1. The first-order valence-electron chi connectivity index (χ1n) is 10.0. The molecule has 1 atom stereocenters. The Bertz CT molecular complexity index is 1060. The van der Waals surface area contributed by atoms with Gasteiger partial charge in [-0.1, -0.05) is 18.2 Å². The second-order valence-corrected chi connectivity index (χ2v) is 7.38. The smallest absolute Gasteiger partial charge is 0.344 e. The number of carbonyl (C=O) groups excluding carboxylic acids is 1. The number of hydrogen-bond donors (Lipinski definition) is 3. The third-order valence-corrected chi connectivity index (χ3v) is 5.22. The van der Waals surface area contributed by atoms with Crippen LogP contribution < -0.4 is 21.7 Å². The highest BCUT2D eigenvalue weighted by atomic mass is 16.2. The molecule has 9 heteroatoms. The van der Waals surface area contributed by atoms with Crippen molar-refractivity contribution in [2.45, 2.75) is 18.9 Å². The summed E-state index contributed by atoms with van der Waals surface area (Å²) in [6.45, 7) is 2.14. The zero-order valence-electron chi connectivity index (χ0n) is 17.0. The molecule has 0 aliphatic carbocycles. The number of nitrogens with one attached hydrogen (secondary N) is 1. The third-order valence-electron chi connectivity index (χ3n) is 5.22. The summed E-state index contributed by atoms with van der Waals surface area (Å²) in [5.74, 6) is 0.937. The number of urea groups is 1. The van der Waals surface area contributed by atoms with Crippen LogP contribution in [-0.2, 0) is 6.54 Å². The average Bonchev–Trinajstić information content (AvgIpc) is 3.29. The molecule has 5 N–H and O–H groups in total. The van der Waals surface area contributed by atoms with Gasteiger partial charge in [0.1, 0.15) is 0 Å². The number of carbonyl (C=O) groups is 1. The molecule has 0 spiro atoms. The molecule has 1 unspecified atom stereocenters. The van der Waals surface area contributed by atoms with Crippen molar-refractivity contribution in [2.24, 2.45) is 16.5 Å². The maximum atomic E-state index is 11.6. The fourth-order valence-corrected chi connectivity index (χ4v) is 3.68. The van der Waals surface area contributed by atoms with Gasteiger partial charge in [-0.3, -0.25) is 4.98 Å². The van der Waals surface area contributed by atoms with Crippen LogP contribution in [0.3, 0.4) is 0 Å². The molecule has 2 aromatic heterocycles. The van der Waals surface area contributed by atoms with Gasteiger partial charge in [0.05, 0.1) is 0 Å². The van der Waals surface area contributed by atoms with Crippen LogP contribution in [-0.4, -0.2) is 40.0 Å². The zero-order chi connectivity index (χ0) is 21.6. The molecule has 1 saturated heterocycles. The normalized spacial score (nSPS) is 15.5. The number of nitrogens with zero attached hydrogens (tertiary/aromatic N) is 5. The Morgan fingerprint density at radius 1 is 1.13 bits per heavy atom. The molecule has 158 valence electrons. The summed E-state index contributed by atoms with van der Waals surface area (Å²) in [7, 11) is 0. The number of anilines is 1. The van der Waals surface area contributed by atoms with E-state index in [9.17, 15) is 4.79 Å². The van der Waals surface area contributed by atoms with Crippen LogP contribution in [0, 0.1) is 0 Å². The van der Waals surface area contributed by atoms with Crippen LogP contribution in [0.4, 0.5) is 10.7 Å². The predicted molar refractivity (Wildman–Crippen MR) is 119 cm³/mol. The van der Waals surface area contributed by atoms with Gasteiger partial charge in [-0.25, -0.2) is 14.8 Å².